The minimum absolute atomic E-state index is 0.151. The number of nitrogens with zero attached hydrogens (tertiary/aromatic N) is 1. The van der Waals surface area contributed by atoms with E-state index in [4.69, 9.17) is 4.74 Å². The summed E-state index contributed by atoms with van der Waals surface area (Å²) < 4.78 is 17.2. The van der Waals surface area contributed by atoms with E-state index < -0.39 is 30.9 Å². The molecule has 0 aromatic heterocycles. The maximum Gasteiger partial charge on any atom is 0.371 e. The predicted molar refractivity (Wildman–Crippen MR) is 123 cm³/mol. The molecule has 4 atom stereocenters. The third-order valence-electron chi connectivity index (χ3n) is 6.04. The number of aliphatic hydroxyl groups is 1. The lowest BCUT2D eigenvalue weighted by molar-refractivity contribution is -0.175. The molecule has 0 heterocycles. The smallest absolute Gasteiger partial charge is 0.371 e. The highest BCUT2D eigenvalue weighted by Crippen LogP contribution is 2.52. The number of carbonyl (C=O) groups excluding carboxylic acids is 1. The zero-order valence-corrected chi connectivity index (χ0v) is 21.2. The zero-order valence-electron chi connectivity index (χ0n) is 20.3. The second kappa shape index (κ2) is 15.0. The maximum absolute atomic E-state index is 13.5. The average Bonchev–Trinajstić information content (AvgIpc) is 2.74. The fraction of sp³-hybridized carbons (Fsp3) is 0.909. The summed E-state index contributed by atoms with van der Waals surface area (Å²) in [4.78, 5) is 46.0. The molecule has 9 nitrogen and oxygen atoms in total. The van der Waals surface area contributed by atoms with Gasteiger partial charge in [0.25, 0.3) is 11.2 Å². The molecule has 0 aliphatic heterocycles. The van der Waals surface area contributed by atoms with Crippen LogP contribution in [0.15, 0.2) is 0 Å². The molecule has 0 aliphatic carbocycles. The minimum Gasteiger partial charge on any atom is -0.479 e. The fourth-order valence-electron chi connectivity index (χ4n) is 3.79. The Kier molecular flexibility index (Phi) is 14.6. The zero-order chi connectivity index (χ0) is 24.9. The first kappa shape index (κ1) is 31.0. The molecule has 0 saturated heterocycles. The molecule has 0 aliphatic rings. The quantitative estimate of drug-likeness (QED) is 0.217. The van der Waals surface area contributed by atoms with Crippen LogP contribution in [0.25, 0.3) is 0 Å². The Labute approximate surface area is 192 Å². The maximum atomic E-state index is 13.5. The van der Waals surface area contributed by atoms with Crippen molar-refractivity contribution in [2.45, 2.75) is 97.4 Å². The van der Waals surface area contributed by atoms with Gasteiger partial charge in [-0.3, -0.25) is 9.36 Å². The topological polar surface area (TPSA) is 145 Å². The van der Waals surface area contributed by atoms with Crippen molar-refractivity contribution in [1.82, 2.24) is 4.90 Å². The molecule has 4 unspecified atom stereocenters. The van der Waals surface area contributed by atoms with E-state index in [9.17, 15) is 34.2 Å². The Morgan fingerprint density at radius 3 is 1.66 bits per heavy atom. The first-order valence-corrected chi connectivity index (χ1v) is 13.5. The van der Waals surface area contributed by atoms with Gasteiger partial charge in [0.05, 0.1) is 0 Å². The van der Waals surface area contributed by atoms with E-state index in [0.29, 0.717) is 13.1 Å². The van der Waals surface area contributed by atoms with Crippen molar-refractivity contribution in [1.29, 1.82) is 0 Å². The van der Waals surface area contributed by atoms with E-state index in [-0.39, 0.29) is 18.4 Å². The van der Waals surface area contributed by atoms with Gasteiger partial charge in [-0.15, -0.1) is 0 Å². The number of ether oxygens (including phenoxy) is 1. The molecule has 0 fully saturated rings. The molecule has 4 N–H and O–H groups in total. The van der Waals surface area contributed by atoms with Gasteiger partial charge in [-0.2, -0.15) is 0 Å². The minimum atomic E-state index is -5.66. The van der Waals surface area contributed by atoms with Gasteiger partial charge in [-0.25, -0.2) is 4.79 Å². The van der Waals surface area contributed by atoms with E-state index in [1.54, 1.807) is 0 Å². The third-order valence-corrected chi connectivity index (χ3v) is 7.35. The summed E-state index contributed by atoms with van der Waals surface area (Å²) in [7, 11) is -5.66. The van der Waals surface area contributed by atoms with E-state index in [2.05, 4.69) is 13.8 Å². The van der Waals surface area contributed by atoms with Crippen LogP contribution in [0.4, 0.5) is 0 Å². The summed E-state index contributed by atoms with van der Waals surface area (Å²) in [5.74, 6) is -2.78. The SMILES string of the molecule is CCCCC(CC)CN(CC(CC)CCCC)C(=O)C(OCC)C(O)(C(=O)O)P(=O)(O)O. The van der Waals surface area contributed by atoms with Gasteiger partial charge in [0, 0.05) is 19.7 Å². The van der Waals surface area contributed by atoms with Crippen LogP contribution < -0.4 is 0 Å². The van der Waals surface area contributed by atoms with Gasteiger partial charge < -0.3 is 29.6 Å². The molecule has 0 aromatic carbocycles. The van der Waals surface area contributed by atoms with Crippen LogP contribution in [0, 0.1) is 11.8 Å². The van der Waals surface area contributed by atoms with E-state index >= 15 is 0 Å². The highest BCUT2D eigenvalue weighted by Gasteiger charge is 2.62. The number of amides is 1. The summed E-state index contributed by atoms with van der Waals surface area (Å²) >= 11 is 0. The number of rotatable bonds is 18. The summed E-state index contributed by atoms with van der Waals surface area (Å²) in [6.07, 6.45) is 5.10. The molecule has 0 aromatic rings. The van der Waals surface area contributed by atoms with Crippen molar-refractivity contribution in [2.75, 3.05) is 19.7 Å². The summed E-state index contributed by atoms with van der Waals surface area (Å²) in [5.41, 5.74) is 0. The monoisotopic (exact) mass is 481 g/mol. The Balaban J connectivity index is 6.18. The van der Waals surface area contributed by atoms with E-state index in [1.807, 2.05) is 13.8 Å². The molecule has 0 radical (unpaired) electrons. The third kappa shape index (κ3) is 8.75. The van der Waals surface area contributed by atoms with Crippen LogP contribution in [-0.2, 0) is 18.9 Å². The second-order valence-electron chi connectivity index (χ2n) is 8.49. The van der Waals surface area contributed by atoms with E-state index in [1.165, 1.54) is 11.8 Å². The van der Waals surface area contributed by atoms with Crippen molar-refractivity contribution in [3.63, 3.8) is 0 Å². The lowest BCUT2D eigenvalue weighted by atomic mass is 9.95. The Bertz CT molecular complexity index is 593. The number of carboxylic acids is 1. The highest BCUT2D eigenvalue weighted by molar-refractivity contribution is 7.54. The molecule has 0 rings (SSSR count). The first-order valence-electron chi connectivity index (χ1n) is 11.9. The summed E-state index contributed by atoms with van der Waals surface area (Å²) in [6, 6.07) is 0. The number of carbonyl (C=O) groups is 2. The normalized spacial score (nSPS) is 16.8. The van der Waals surface area contributed by atoms with Crippen LogP contribution in [0.3, 0.4) is 0 Å². The van der Waals surface area contributed by atoms with Crippen LogP contribution in [0.1, 0.15) is 86.0 Å². The van der Waals surface area contributed by atoms with Gasteiger partial charge in [0.15, 0.2) is 6.10 Å². The molecule has 0 bridgehead atoms. The van der Waals surface area contributed by atoms with Crippen LogP contribution in [0.5, 0.6) is 0 Å². The second-order valence-corrected chi connectivity index (χ2v) is 10.3. The standard InChI is InChI=1S/C22H44NO8P/c1-6-11-13-17(8-3)15-23(16-18(9-4)14-12-7-2)20(24)19(31-10-5)22(27,21(25)26)32(28,29)30/h17-19,27H,6-16H2,1-5H3,(H,25,26)(H2,28,29,30). The summed E-state index contributed by atoms with van der Waals surface area (Å²) in [5, 5.41) is 16.4. The molecular weight excluding hydrogens is 437 g/mol. The molecule has 10 heteroatoms. The van der Waals surface area contributed by atoms with Crippen molar-refractivity contribution in [3.8, 4) is 0 Å². The van der Waals surface area contributed by atoms with Crippen LogP contribution >= 0.6 is 7.60 Å². The van der Waals surface area contributed by atoms with Crippen LogP contribution in [-0.4, -0.2) is 67.9 Å². The Hall–Kier alpha value is -0.990. The predicted octanol–water partition coefficient (Wildman–Crippen LogP) is 3.60. The summed E-state index contributed by atoms with van der Waals surface area (Å²) in [6.45, 7) is 10.1. The molecule has 32 heavy (non-hydrogen) atoms. The molecule has 0 spiro atoms. The molecule has 1 amide bonds. The van der Waals surface area contributed by atoms with Crippen molar-refractivity contribution in [3.05, 3.63) is 0 Å². The molecule has 190 valence electrons. The number of carboxylic acid groups (broad SMARTS) is 1. The average molecular weight is 482 g/mol. The Morgan fingerprint density at radius 2 is 1.38 bits per heavy atom. The van der Waals surface area contributed by atoms with Crippen LogP contribution in [0.2, 0.25) is 0 Å². The number of hydrogen-bond acceptors (Lipinski definition) is 5. The highest BCUT2D eigenvalue weighted by atomic mass is 31.2. The van der Waals surface area contributed by atoms with Gasteiger partial charge in [0.1, 0.15) is 0 Å². The van der Waals surface area contributed by atoms with Gasteiger partial charge >= 0.3 is 13.6 Å². The van der Waals surface area contributed by atoms with Crippen molar-refractivity contribution >= 4 is 19.5 Å². The largest absolute Gasteiger partial charge is 0.479 e. The van der Waals surface area contributed by atoms with Crippen molar-refractivity contribution in [2.24, 2.45) is 11.8 Å². The first-order chi connectivity index (χ1) is 14.9. The molecular formula is C22H44NO8P. The van der Waals surface area contributed by atoms with Gasteiger partial charge in [-0.1, -0.05) is 66.2 Å². The Morgan fingerprint density at radius 1 is 0.938 bits per heavy atom. The molecule has 0 saturated carbocycles. The van der Waals surface area contributed by atoms with Crippen molar-refractivity contribution < 1.29 is 38.9 Å². The number of unbranched alkanes of at least 4 members (excludes halogenated alkanes) is 2. The van der Waals surface area contributed by atoms with Gasteiger partial charge in [-0.05, 0) is 31.6 Å². The lowest BCUT2D eigenvalue weighted by Crippen LogP contribution is -2.59. The number of hydrogen-bond donors (Lipinski definition) is 4. The lowest BCUT2D eigenvalue weighted by Gasteiger charge is -2.37. The van der Waals surface area contributed by atoms with E-state index in [0.717, 1.165) is 51.4 Å². The fourth-order valence-corrected chi connectivity index (χ4v) is 4.53. The van der Waals surface area contributed by atoms with Gasteiger partial charge in [0.2, 0.25) is 0 Å². The number of aliphatic carboxylic acids is 1.